The van der Waals surface area contributed by atoms with Gasteiger partial charge in [-0.05, 0) is 47.7 Å². The molecule has 0 aromatic heterocycles. The van der Waals surface area contributed by atoms with Crippen LogP contribution < -0.4 is 31.8 Å². The first-order valence-corrected chi connectivity index (χ1v) is 15.9. The Kier molecular flexibility index (Phi) is 16.6. The molecule has 0 saturated carbocycles. The van der Waals surface area contributed by atoms with Crippen molar-refractivity contribution in [3.05, 3.63) is 195 Å². The molecule has 0 spiro atoms. The van der Waals surface area contributed by atoms with Crippen molar-refractivity contribution >= 4 is 47.7 Å². The molecule has 0 bridgehead atoms. The molecule has 0 atom stereocenters. The van der Waals surface area contributed by atoms with E-state index in [1.165, 1.54) is 31.8 Å². The van der Waals surface area contributed by atoms with E-state index in [4.69, 9.17) is 23.7 Å². The van der Waals surface area contributed by atoms with Crippen molar-refractivity contribution in [3.8, 4) is 0 Å². The molecule has 0 fully saturated rings. The molecule has 0 amide bonds. The predicted octanol–water partition coefficient (Wildman–Crippen LogP) is 7.08. The van der Waals surface area contributed by atoms with Crippen LogP contribution in [0.25, 0.3) is 0 Å². The van der Waals surface area contributed by atoms with Gasteiger partial charge < -0.3 is 23.7 Å². The molecule has 212 valence electrons. The van der Waals surface area contributed by atoms with Gasteiger partial charge in [-0.2, -0.15) is 0 Å². The van der Waals surface area contributed by atoms with Gasteiger partial charge in [0.25, 0.3) is 0 Å². The van der Waals surface area contributed by atoms with Crippen LogP contribution in [0.3, 0.4) is 0 Å². The van der Waals surface area contributed by atoms with Gasteiger partial charge in [-0.1, -0.05) is 182 Å². The van der Waals surface area contributed by atoms with Gasteiger partial charge >= 0.3 is 16.5 Å². The van der Waals surface area contributed by atoms with E-state index in [0.29, 0.717) is 0 Å². The summed E-state index contributed by atoms with van der Waals surface area (Å²) in [6.45, 7) is 9.50. The standard InChI is InChI=1S/2C18H15P.2CN.Ni/c2*1-4-10-16(11-5-1)19(17-12-6-2-7-13-17)18-14-8-3-9-15-18;2*1-2;/h2*1-15H;;;/q;;2*-1;+2. The van der Waals surface area contributed by atoms with Gasteiger partial charge in [0.1, 0.15) is 0 Å². The summed E-state index contributed by atoms with van der Waals surface area (Å²) in [6, 6.07) is 64.7. The molecular formula is C38H30N2NiP2. The molecule has 0 radical (unpaired) electrons. The van der Waals surface area contributed by atoms with Crippen molar-refractivity contribution in [2.45, 2.75) is 0 Å². The zero-order valence-electron chi connectivity index (χ0n) is 23.4. The van der Waals surface area contributed by atoms with E-state index >= 15 is 0 Å². The molecule has 6 rings (SSSR count). The van der Waals surface area contributed by atoms with Crippen LogP contribution in [0.1, 0.15) is 0 Å². The first-order chi connectivity index (χ1) is 20.9. The fourth-order valence-corrected chi connectivity index (χ4v) is 8.97. The minimum Gasteiger partial charge on any atom is -0.512 e. The second kappa shape index (κ2) is 20.5. The molecule has 0 saturated heterocycles. The third-order valence-electron chi connectivity index (χ3n) is 6.09. The average Bonchev–Trinajstić information content (AvgIpc) is 3.10. The molecule has 0 heterocycles. The van der Waals surface area contributed by atoms with E-state index in [1.807, 2.05) is 0 Å². The second-order valence-corrected chi connectivity index (χ2v) is 13.1. The van der Waals surface area contributed by atoms with Crippen LogP contribution in [0.2, 0.25) is 0 Å². The maximum atomic E-state index is 6.25. The first kappa shape index (κ1) is 34.9. The summed E-state index contributed by atoms with van der Waals surface area (Å²) in [5, 5.41) is 20.9. The normalized spacial score (nSPS) is 9.44. The van der Waals surface area contributed by atoms with Crippen LogP contribution in [-0.2, 0) is 16.5 Å². The predicted molar refractivity (Wildman–Crippen MR) is 180 cm³/mol. The van der Waals surface area contributed by atoms with Gasteiger partial charge in [0, 0.05) is 0 Å². The molecule has 5 heteroatoms. The van der Waals surface area contributed by atoms with Crippen molar-refractivity contribution in [2.75, 3.05) is 0 Å². The second-order valence-electron chi connectivity index (χ2n) is 8.68. The average molecular weight is 635 g/mol. The van der Waals surface area contributed by atoms with E-state index in [-0.39, 0.29) is 16.5 Å². The zero-order valence-corrected chi connectivity index (χ0v) is 26.2. The minimum atomic E-state index is -0.446. The molecule has 0 unspecified atom stereocenters. The first-order valence-electron chi connectivity index (χ1n) is 13.3. The zero-order chi connectivity index (χ0) is 29.8. The molecule has 0 aliphatic carbocycles. The maximum absolute atomic E-state index is 6.25. The Labute approximate surface area is 268 Å². The fraction of sp³-hybridized carbons (Fsp3) is 0. The Hall–Kier alpha value is -4.35. The summed E-state index contributed by atoms with van der Waals surface area (Å²) >= 11 is 0. The number of hydrogen-bond acceptors (Lipinski definition) is 2. The summed E-state index contributed by atoms with van der Waals surface area (Å²) in [6.07, 6.45) is 0. The summed E-state index contributed by atoms with van der Waals surface area (Å²) in [5.41, 5.74) is 0. The van der Waals surface area contributed by atoms with Gasteiger partial charge in [-0.3, -0.25) is 0 Å². The van der Waals surface area contributed by atoms with Crippen LogP contribution in [0, 0.1) is 23.7 Å². The topological polar surface area (TPSA) is 47.6 Å². The van der Waals surface area contributed by atoms with E-state index in [9.17, 15) is 0 Å². The van der Waals surface area contributed by atoms with Crippen molar-refractivity contribution in [2.24, 2.45) is 0 Å². The van der Waals surface area contributed by atoms with Gasteiger partial charge in [0.05, 0.1) is 0 Å². The Bertz CT molecular complexity index is 1270. The van der Waals surface area contributed by atoms with Crippen LogP contribution in [0.15, 0.2) is 182 Å². The summed E-state index contributed by atoms with van der Waals surface area (Å²) in [7, 11) is -0.892. The monoisotopic (exact) mass is 634 g/mol. The Morgan fingerprint density at radius 2 is 0.372 bits per heavy atom. The van der Waals surface area contributed by atoms with Crippen LogP contribution in [0.4, 0.5) is 0 Å². The maximum Gasteiger partial charge on any atom is 2.00 e. The van der Waals surface area contributed by atoms with Crippen molar-refractivity contribution in [1.82, 2.24) is 0 Å². The molecule has 6 aromatic carbocycles. The molecule has 2 nitrogen and oxygen atoms in total. The van der Waals surface area contributed by atoms with Crippen molar-refractivity contribution < 1.29 is 16.5 Å². The number of rotatable bonds is 6. The van der Waals surface area contributed by atoms with Crippen LogP contribution >= 0.6 is 15.8 Å². The summed E-state index contributed by atoms with van der Waals surface area (Å²) < 4.78 is 0. The van der Waals surface area contributed by atoms with Gasteiger partial charge in [0.2, 0.25) is 0 Å². The van der Waals surface area contributed by atoms with Crippen LogP contribution in [0.5, 0.6) is 0 Å². The molecule has 0 aliphatic heterocycles. The Morgan fingerprint density at radius 1 is 0.256 bits per heavy atom. The number of benzene rings is 6. The SMILES string of the molecule is [C-]#N.[C-]#N.[Ni+2].c1ccc(P(c2ccccc2)c2ccccc2)cc1.c1ccc(P(c2ccccc2)c2ccccc2)cc1. The Balaban J connectivity index is 0.000000264. The third-order valence-corrected chi connectivity index (χ3v) is 11.0. The number of hydrogen-bond donors (Lipinski definition) is 0. The Morgan fingerprint density at radius 3 is 0.488 bits per heavy atom. The minimum absolute atomic E-state index is 0. The van der Waals surface area contributed by atoms with Gasteiger partial charge in [0.15, 0.2) is 0 Å². The van der Waals surface area contributed by atoms with E-state index in [0.717, 1.165) is 0 Å². The van der Waals surface area contributed by atoms with Gasteiger partial charge in [-0.15, -0.1) is 0 Å². The van der Waals surface area contributed by atoms with Crippen LogP contribution in [-0.4, -0.2) is 0 Å². The summed E-state index contributed by atoms with van der Waals surface area (Å²) in [5.74, 6) is 0. The van der Waals surface area contributed by atoms with E-state index in [2.05, 4.69) is 182 Å². The van der Waals surface area contributed by atoms with Gasteiger partial charge in [-0.25, -0.2) is 0 Å². The van der Waals surface area contributed by atoms with E-state index < -0.39 is 15.8 Å². The van der Waals surface area contributed by atoms with Crippen molar-refractivity contribution in [1.29, 1.82) is 10.5 Å². The fourth-order valence-electron chi connectivity index (χ4n) is 4.36. The number of nitrogens with zero attached hydrogens (tertiary/aromatic N) is 2. The molecular weight excluding hydrogens is 605 g/mol. The van der Waals surface area contributed by atoms with Crippen molar-refractivity contribution in [3.63, 3.8) is 0 Å². The molecule has 0 aliphatic rings. The molecule has 43 heavy (non-hydrogen) atoms. The largest absolute Gasteiger partial charge is 2.00 e. The molecule has 0 N–H and O–H groups in total. The molecule has 6 aromatic rings. The smallest absolute Gasteiger partial charge is 0.512 e. The van der Waals surface area contributed by atoms with E-state index in [1.54, 1.807) is 0 Å². The summed E-state index contributed by atoms with van der Waals surface area (Å²) in [4.78, 5) is 0. The quantitative estimate of drug-likeness (QED) is 0.112. The third kappa shape index (κ3) is 10.5.